The van der Waals surface area contributed by atoms with Crippen molar-refractivity contribution in [3.8, 4) is 0 Å². The molecule has 0 aromatic heterocycles. The molecule has 1 aromatic carbocycles. The van der Waals surface area contributed by atoms with Gasteiger partial charge >= 0.3 is 0 Å². The van der Waals surface area contributed by atoms with Gasteiger partial charge in [0.1, 0.15) is 17.1 Å². The molecule has 22 heavy (non-hydrogen) atoms. The van der Waals surface area contributed by atoms with Gasteiger partial charge in [0, 0.05) is 11.6 Å². The van der Waals surface area contributed by atoms with Crippen LogP contribution in [0.5, 0.6) is 0 Å². The maximum absolute atomic E-state index is 13.1. The number of benzene rings is 1. The Morgan fingerprint density at radius 3 is 2.73 bits per heavy atom. The Balaban J connectivity index is 1.77. The maximum Gasteiger partial charge on any atom is 0.260 e. The molecule has 0 radical (unpaired) electrons. The molecule has 0 bridgehead atoms. The molecule has 3 nitrogen and oxygen atoms in total. The largest absolute Gasteiger partial charge is 0.306 e. The second-order valence-electron chi connectivity index (χ2n) is 5.87. The van der Waals surface area contributed by atoms with E-state index in [-0.39, 0.29) is 23.6 Å². The van der Waals surface area contributed by atoms with Crippen molar-refractivity contribution in [2.45, 2.75) is 24.3 Å². The topological polar surface area (TPSA) is 52.8 Å². The molecule has 0 unspecified atom stereocenters. The van der Waals surface area contributed by atoms with Crippen molar-refractivity contribution in [1.82, 2.24) is 0 Å². The molecule has 116 valence electrons. The summed E-state index contributed by atoms with van der Waals surface area (Å²) in [6.07, 6.45) is 2.70. The molecule has 1 aliphatic heterocycles. The van der Waals surface area contributed by atoms with Crippen LogP contribution in [-0.4, -0.2) is 29.9 Å². The highest BCUT2D eigenvalue weighted by Crippen LogP contribution is 2.43. The van der Waals surface area contributed by atoms with Gasteiger partial charge in [0.2, 0.25) is 0 Å². The standard InChI is InChI=1S/C15H13ClF3N3/c16-11-3-9(1-2-12(11)17)13(20)4-10-5-21-8-14(22-10)6-15(18,19)7-14/h1-5,20,22H,6-8H2/p+1. The van der Waals surface area contributed by atoms with Crippen LogP contribution in [0.4, 0.5) is 13.2 Å². The number of halogens is 4. The van der Waals surface area contributed by atoms with E-state index in [9.17, 15) is 13.2 Å². The lowest BCUT2D eigenvalue weighted by molar-refractivity contribution is -0.700. The molecule has 2 aliphatic rings. The molecule has 3 rings (SSSR count). The van der Waals surface area contributed by atoms with Crippen molar-refractivity contribution in [3.05, 3.63) is 46.4 Å². The van der Waals surface area contributed by atoms with Gasteiger partial charge in [-0.2, -0.15) is 0 Å². The number of nitrogens with two attached hydrogens (primary N) is 1. The first kappa shape index (κ1) is 15.2. The van der Waals surface area contributed by atoms with Crippen LogP contribution in [0.25, 0.3) is 0 Å². The fourth-order valence-corrected chi connectivity index (χ4v) is 3.13. The average Bonchev–Trinajstić information content (AvgIpc) is 2.39. The Labute approximate surface area is 130 Å². The van der Waals surface area contributed by atoms with Crippen LogP contribution in [-0.2, 0) is 0 Å². The highest BCUT2D eigenvalue weighted by atomic mass is 35.5. The number of nitrogens with zero attached hydrogens (tertiary/aromatic N) is 1. The van der Waals surface area contributed by atoms with Gasteiger partial charge in [-0.05, 0) is 18.2 Å². The molecule has 0 saturated heterocycles. The molecule has 1 heterocycles. The highest BCUT2D eigenvalue weighted by Gasteiger charge is 2.60. The number of aliphatic imine (C=N–C) groups is 1. The molecule has 1 aromatic rings. The van der Waals surface area contributed by atoms with Crippen LogP contribution >= 0.6 is 11.6 Å². The van der Waals surface area contributed by atoms with Crippen molar-refractivity contribution in [2.24, 2.45) is 4.99 Å². The van der Waals surface area contributed by atoms with Crippen LogP contribution < -0.4 is 5.32 Å². The normalized spacial score (nSPS) is 23.5. The number of allylic oxidation sites excluding steroid dienone is 2. The van der Waals surface area contributed by atoms with Gasteiger partial charge in [0.05, 0.1) is 36.3 Å². The Kier molecular flexibility index (Phi) is 3.61. The van der Waals surface area contributed by atoms with E-state index < -0.39 is 17.3 Å². The van der Waals surface area contributed by atoms with Crippen molar-refractivity contribution >= 4 is 23.5 Å². The van der Waals surface area contributed by atoms with Gasteiger partial charge in [-0.15, -0.1) is 0 Å². The van der Waals surface area contributed by atoms with E-state index in [4.69, 9.17) is 17.0 Å². The van der Waals surface area contributed by atoms with Crippen molar-refractivity contribution in [2.75, 3.05) is 6.54 Å². The van der Waals surface area contributed by atoms with Gasteiger partial charge in [0.15, 0.2) is 0 Å². The predicted octanol–water partition coefficient (Wildman–Crippen LogP) is 2.55. The summed E-state index contributed by atoms with van der Waals surface area (Å²) in [5, 5.41) is 9.73. The molecule has 0 amide bonds. The van der Waals surface area contributed by atoms with Gasteiger partial charge in [-0.1, -0.05) is 11.6 Å². The summed E-state index contributed by atoms with van der Waals surface area (Å²) in [7, 11) is 0. The number of hydrogen-bond donors (Lipinski definition) is 2. The number of quaternary nitrogens is 1. The van der Waals surface area contributed by atoms with E-state index in [2.05, 4.69) is 4.99 Å². The van der Waals surface area contributed by atoms with Gasteiger partial charge in [0.25, 0.3) is 5.92 Å². The Morgan fingerprint density at radius 1 is 1.36 bits per heavy atom. The lowest BCUT2D eigenvalue weighted by Gasteiger charge is -2.44. The first-order valence-electron chi connectivity index (χ1n) is 6.78. The lowest BCUT2D eigenvalue weighted by atomic mass is 9.72. The maximum atomic E-state index is 13.1. The SMILES string of the molecule is N=C(C=C1C=NCC2(CC(F)(F)C2)[NH2+]1)c1ccc(F)c(Cl)c1. The first-order chi connectivity index (χ1) is 10.3. The zero-order valence-corrected chi connectivity index (χ0v) is 12.3. The summed E-state index contributed by atoms with van der Waals surface area (Å²) in [6, 6.07) is 4.01. The molecule has 1 spiro atoms. The zero-order chi connectivity index (χ0) is 16.0. The minimum absolute atomic E-state index is 0.0583. The Morgan fingerprint density at radius 2 is 2.09 bits per heavy atom. The smallest absolute Gasteiger partial charge is 0.260 e. The quantitative estimate of drug-likeness (QED) is 0.784. The Hall–Kier alpha value is -1.66. The van der Waals surface area contributed by atoms with E-state index in [0.29, 0.717) is 17.8 Å². The Bertz CT molecular complexity index is 689. The summed E-state index contributed by atoms with van der Waals surface area (Å²) in [5.74, 6) is -3.17. The molecule has 1 fully saturated rings. The van der Waals surface area contributed by atoms with Crippen molar-refractivity contribution < 1.29 is 18.5 Å². The summed E-state index contributed by atoms with van der Waals surface area (Å²) in [5.41, 5.74) is 0.611. The third-order valence-corrected chi connectivity index (χ3v) is 4.17. The fraction of sp³-hybridized carbons (Fsp3) is 0.333. The number of nitrogens with one attached hydrogen (secondary N) is 1. The molecule has 1 aliphatic carbocycles. The summed E-state index contributed by atoms with van der Waals surface area (Å²) in [4.78, 5) is 4.14. The summed E-state index contributed by atoms with van der Waals surface area (Å²) < 4.78 is 39.4. The average molecular weight is 329 g/mol. The highest BCUT2D eigenvalue weighted by molar-refractivity contribution is 6.31. The molecular formula is C15H14ClF3N3+. The van der Waals surface area contributed by atoms with E-state index >= 15 is 0 Å². The van der Waals surface area contributed by atoms with Crippen LogP contribution in [0.3, 0.4) is 0 Å². The van der Waals surface area contributed by atoms with Crippen LogP contribution in [0, 0.1) is 11.2 Å². The molecule has 0 atom stereocenters. The lowest BCUT2D eigenvalue weighted by Crippen LogP contribution is -3.01. The first-order valence-corrected chi connectivity index (χ1v) is 7.16. The number of alkyl halides is 2. The number of rotatable bonds is 2. The van der Waals surface area contributed by atoms with E-state index in [0.717, 1.165) is 0 Å². The second kappa shape index (κ2) is 5.21. The van der Waals surface area contributed by atoms with Crippen LogP contribution in [0.2, 0.25) is 5.02 Å². The fourth-order valence-electron chi connectivity index (χ4n) is 2.95. The summed E-state index contributed by atoms with van der Waals surface area (Å²) >= 11 is 5.70. The minimum atomic E-state index is -2.62. The van der Waals surface area contributed by atoms with Crippen molar-refractivity contribution in [1.29, 1.82) is 5.41 Å². The van der Waals surface area contributed by atoms with Gasteiger partial charge < -0.3 is 10.7 Å². The molecular weight excluding hydrogens is 315 g/mol. The molecule has 7 heteroatoms. The van der Waals surface area contributed by atoms with E-state index in [1.165, 1.54) is 24.3 Å². The summed E-state index contributed by atoms with van der Waals surface area (Å²) in [6.45, 7) is 0.357. The third-order valence-electron chi connectivity index (χ3n) is 3.88. The zero-order valence-electron chi connectivity index (χ0n) is 11.5. The van der Waals surface area contributed by atoms with Gasteiger partial charge in [-0.25, -0.2) is 13.2 Å². The monoisotopic (exact) mass is 328 g/mol. The second-order valence-corrected chi connectivity index (χ2v) is 6.28. The van der Waals surface area contributed by atoms with E-state index in [1.807, 2.05) is 0 Å². The minimum Gasteiger partial charge on any atom is -0.306 e. The van der Waals surface area contributed by atoms with Crippen molar-refractivity contribution in [3.63, 3.8) is 0 Å². The predicted molar refractivity (Wildman–Crippen MR) is 78.5 cm³/mol. The molecule has 3 N–H and O–H groups in total. The third kappa shape index (κ3) is 2.94. The van der Waals surface area contributed by atoms with Gasteiger partial charge in [-0.3, -0.25) is 4.99 Å². The number of hydrogen-bond acceptors (Lipinski definition) is 2. The van der Waals surface area contributed by atoms with Crippen LogP contribution in [0.1, 0.15) is 18.4 Å². The molecule has 1 saturated carbocycles. The van der Waals surface area contributed by atoms with Crippen LogP contribution in [0.15, 0.2) is 35.0 Å². The van der Waals surface area contributed by atoms with E-state index in [1.54, 1.807) is 11.5 Å².